The summed E-state index contributed by atoms with van der Waals surface area (Å²) >= 11 is 0. The minimum atomic E-state index is -3.60. The molecule has 2 rings (SSSR count). The van der Waals surface area contributed by atoms with Crippen LogP contribution >= 0.6 is 0 Å². The van der Waals surface area contributed by atoms with Crippen molar-refractivity contribution in [3.05, 3.63) is 47.7 Å². The van der Waals surface area contributed by atoms with E-state index in [9.17, 15) is 13.2 Å². The van der Waals surface area contributed by atoms with Gasteiger partial charge in [0, 0.05) is 6.07 Å². The molecule has 2 aromatic rings. The van der Waals surface area contributed by atoms with E-state index in [0.29, 0.717) is 11.3 Å². The summed E-state index contributed by atoms with van der Waals surface area (Å²) in [6, 6.07) is 10.3. The summed E-state index contributed by atoms with van der Waals surface area (Å²) in [4.78, 5) is 12.0. The Morgan fingerprint density at radius 1 is 1.33 bits per heavy atom. The van der Waals surface area contributed by atoms with Gasteiger partial charge in [0.1, 0.15) is 11.0 Å². The average Bonchev–Trinajstić information content (AvgIpc) is 2.83. The van der Waals surface area contributed by atoms with Crippen molar-refractivity contribution >= 4 is 21.6 Å². The number of nitrogens with zero attached hydrogens (tertiary/aromatic N) is 1. The van der Waals surface area contributed by atoms with E-state index in [0.717, 1.165) is 0 Å². The second-order valence-electron chi connectivity index (χ2n) is 4.75. The molecule has 21 heavy (non-hydrogen) atoms. The van der Waals surface area contributed by atoms with Gasteiger partial charge in [0.05, 0.1) is 5.75 Å². The largest absolute Gasteiger partial charge is 0.360 e. The summed E-state index contributed by atoms with van der Waals surface area (Å²) in [6.07, 6.45) is 0. The molecule has 6 nitrogen and oxygen atoms in total. The number of benzene rings is 1. The average molecular weight is 308 g/mol. The van der Waals surface area contributed by atoms with E-state index in [1.54, 1.807) is 37.3 Å². The molecular weight excluding hydrogens is 292 g/mol. The molecule has 0 saturated carbocycles. The quantitative estimate of drug-likeness (QED) is 0.911. The Bertz CT molecular complexity index is 722. The topological polar surface area (TPSA) is 89.3 Å². The molecule has 1 heterocycles. The van der Waals surface area contributed by atoms with E-state index in [4.69, 9.17) is 4.52 Å². The Morgan fingerprint density at radius 3 is 2.57 bits per heavy atom. The van der Waals surface area contributed by atoms with Crippen LogP contribution in [0.1, 0.15) is 18.2 Å². The van der Waals surface area contributed by atoms with E-state index in [2.05, 4.69) is 10.5 Å². The van der Waals surface area contributed by atoms with Crippen LogP contribution in [0.4, 0.5) is 5.82 Å². The summed E-state index contributed by atoms with van der Waals surface area (Å²) < 4.78 is 29.3. The van der Waals surface area contributed by atoms with Crippen LogP contribution in [-0.2, 0) is 20.4 Å². The van der Waals surface area contributed by atoms with Crippen molar-refractivity contribution in [3.8, 4) is 0 Å². The van der Waals surface area contributed by atoms with Gasteiger partial charge in [-0.1, -0.05) is 35.5 Å². The first kappa shape index (κ1) is 15.2. The van der Waals surface area contributed by atoms with E-state index in [1.165, 1.54) is 13.0 Å². The van der Waals surface area contributed by atoms with Crippen LogP contribution in [0.3, 0.4) is 0 Å². The van der Waals surface area contributed by atoms with Crippen molar-refractivity contribution in [2.45, 2.75) is 24.9 Å². The van der Waals surface area contributed by atoms with E-state index < -0.39 is 21.0 Å². The number of aromatic nitrogens is 1. The fraction of sp³-hybridized carbons (Fsp3) is 0.286. The first-order valence-corrected chi connectivity index (χ1v) is 8.10. The highest BCUT2D eigenvalue weighted by Crippen LogP contribution is 2.14. The van der Waals surface area contributed by atoms with Crippen LogP contribution in [0.2, 0.25) is 0 Å². The third-order valence-corrected chi connectivity index (χ3v) is 5.02. The fourth-order valence-electron chi connectivity index (χ4n) is 1.75. The zero-order chi connectivity index (χ0) is 15.5. The van der Waals surface area contributed by atoms with Crippen molar-refractivity contribution in [1.82, 2.24) is 5.16 Å². The number of carbonyl (C=O) groups excluding carboxylic acids is 1. The monoisotopic (exact) mass is 308 g/mol. The first-order valence-electron chi connectivity index (χ1n) is 6.38. The number of hydrogen-bond donors (Lipinski definition) is 1. The lowest BCUT2D eigenvalue weighted by Crippen LogP contribution is -2.33. The molecule has 0 saturated heterocycles. The summed E-state index contributed by atoms with van der Waals surface area (Å²) in [5, 5.41) is 4.86. The molecule has 1 aromatic heterocycles. The highest BCUT2D eigenvalue weighted by molar-refractivity contribution is 7.92. The predicted molar refractivity (Wildman–Crippen MR) is 78.4 cm³/mol. The maximum Gasteiger partial charge on any atom is 0.243 e. The van der Waals surface area contributed by atoms with Gasteiger partial charge < -0.3 is 9.84 Å². The van der Waals surface area contributed by atoms with Gasteiger partial charge in [0.15, 0.2) is 15.7 Å². The Hall–Kier alpha value is -2.15. The third-order valence-electron chi connectivity index (χ3n) is 3.00. The number of aryl methyl sites for hydroxylation is 1. The van der Waals surface area contributed by atoms with Gasteiger partial charge in [-0.25, -0.2) is 8.42 Å². The van der Waals surface area contributed by atoms with E-state index in [-0.39, 0.29) is 11.6 Å². The molecule has 1 N–H and O–H groups in total. The molecule has 0 aliphatic rings. The second kappa shape index (κ2) is 6.09. The molecule has 7 heteroatoms. The molecule has 0 fully saturated rings. The fourth-order valence-corrected chi connectivity index (χ4v) is 3.04. The lowest BCUT2D eigenvalue weighted by molar-refractivity contribution is -0.115. The van der Waals surface area contributed by atoms with Crippen LogP contribution in [-0.4, -0.2) is 24.7 Å². The van der Waals surface area contributed by atoms with Crippen LogP contribution in [0, 0.1) is 6.92 Å². The molecule has 0 aliphatic carbocycles. The van der Waals surface area contributed by atoms with Gasteiger partial charge in [0.25, 0.3) is 0 Å². The van der Waals surface area contributed by atoms with E-state index >= 15 is 0 Å². The Kier molecular flexibility index (Phi) is 4.42. The maximum absolute atomic E-state index is 12.2. The van der Waals surface area contributed by atoms with Crippen molar-refractivity contribution in [3.63, 3.8) is 0 Å². The lowest BCUT2D eigenvalue weighted by Gasteiger charge is -2.12. The highest BCUT2D eigenvalue weighted by atomic mass is 32.2. The minimum absolute atomic E-state index is 0.180. The molecule has 1 aromatic carbocycles. The van der Waals surface area contributed by atoms with Crippen molar-refractivity contribution in [1.29, 1.82) is 0 Å². The molecular formula is C14H16N2O4S. The smallest absolute Gasteiger partial charge is 0.243 e. The van der Waals surface area contributed by atoms with Gasteiger partial charge >= 0.3 is 0 Å². The number of sulfone groups is 1. The van der Waals surface area contributed by atoms with E-state index in [1.807, 2.05) is 0 Å². The molecule has 112 valence electrons. The highest BCUT2D eigenvalue weighted by Gasteiger charge is 2.28. The van der Waals surface area contributed by atoms with Crippen LogP contribution in [0.15, 0.2) is 40.9 Å². The number of rotatable bonds is 5. The number of anilines is 1. The van der Waals surface area contributed by atoms with Crippen molar-refractivity contribution in [2.24, 2.45) is 0 Å². The molecule has 1 unspecified atom stereocenters. The first-order chi connectivity index (χ1) is 9.88. The van der Waals surface area contributed by atoms with Crippen LogP contribution in [0.25, 0.3) is 0 Å². The standard InChI is InChI=1S/C14H16N2O4S/c1-10-8-13(16-20-10)15-14(17)11(2)21(18,19)9-12-6-4-3-5-7-12/h3-8,11H,9H2,1-2H3,(H,15,16,17). The number of hydrogen-bond acceptors (Lipinski definition) is 5. The van der Waals surface area contributed by atoms with Gasteiger partial charge in [-0.15, -0.1) is 0 Å². The minimum Gasteiger partial charge on any atom is -0.360 e. The van der Waals surface area contributed by atoms with Gasteiger partial charge in [-0.2, -0.15) is 0 Å². The summed E-state index contributed by atoms with van der Waals surface area (Å²) in [7, 11) is -3.60. The zero-order valence-corrected chi connectivity index (χ0v) is 12.6. The van der Waals surface area contributed by atoms with Gasteiger partial charge in [0.2, 0.25) is 5.91 Å². The van der Waals surface area contributed by atoms with Crippen LogP contribution in [0.5, 0.6) is 0 Å². The van der Waals surface area contributed by atoms with Crippen molar-refractivity contribution < 1.29 is 17.7 Å². The normalized spacial score (nSPS) is 12.9. The van der Waals surface area contributed by atoms with Gasteiger partial charge in [-0.05, 0) is 19.4 Å². The third kappa shape index (κ3) is 3.91. The summed E-state index contributed by atoms with van der Waals surface area (Å²) in [5.74, 6) is -0.0659. The SMILES string of the molecule is Cc1cc(NC(=O)C(C)S(=O)(=O)Cc2ccccc2)no1. The second-order valence-corrected chi connectivity index (χ2v) is 7.07. The van der Waals surface area contributed by atoms with Crippen LogP contribution < -0.4 is 5.32 Å². The molecule has 0 spiro atoms. The number of carbonyl (C=O) groups is 1. The Balaban J connectivity index is 2.07. The van der Waals surface area contributed by atoms with Crippen molar-refractivity contribution in [2.75, 3.05) is 5.32 Å². The molecule has 1 amide bonds. The molecule has 0 aliphatic heterocycles. The van der Waals surface area contributed by atoms with Gasteiger partial charge in [-0.3, -0.25) is 4.79 Å². The zero-order valence-electron chi connectivity index (χ0n) is 11.7. The summed E-state index contributed by atoms with van der Waals surface area (Å²) in [6.45, 7) is 3.04. The predicted octanol–water partition coefficient (Wildman–Crippen LogP) is 1.93. The molecule has 1 atom stereocenters. The maximum atomic E-state index is 12.2. The molecule has 0 bridgehead atoms. The summed E-state index contributed by atoms with van der Waals surface area (Å²) in [5.41, 5.74) is 0.648. The number of nitrogens with one attached hydrogen (secondary N) is 1. The number of amides is 1. The lowest BCUT2D eigenvalue weighted by atomic mass is 10.2. The Morgan fingerprint density at radius 2 is 2.00 bits per heavy atom. The molecule has 0 radical (unpaired) electrons. The Labute approximate surface area is 123 Å².